The first-order valence-corrected chi connectivity index (χ1v) is 6.68. The maximum Gasteiger partial charge on any atom is 0.255 e. The van der Waals surface area contributed by atoms with E-state index in [1.54, 1.807) is 18.2 Å². The molecule has 0 spiro atoms. The van der Waals surface area contributed by atoms with E-state index in [1.807, 2.05) is 0 Å². The molecule has 2 N–H and O–H groups in total. The smallest absolute Gasteiger partial charge is 0.255 e. The lowest BCUT2D eigenvalue weighted by Gasteiger charge is -2.25. The number of carbonyl (C=O) groups is 3. The second kappa shape index (κ2) is 4.74. The summed E-state index contributed by atoms with van der Waals surface area (Å²) in [7, 11) is 0. The first-order valence-electron chi connectivity index (χ1n) is 7.18. The summed E-state index contributed by atoms with van der Waals surface area (Å²) in [5.74, 6) is -1.00. The average molecular weight is 273 g/mol. The Morgan fingerprint density at radius 2 is 2.10 bits per heavy atom. The number of fused-ring (bicyclic) bond motifs is 1. The number of Topliss-reactive ketones (excluding diaryl/α,β-unsaturated/α-hetero) is 2. The van der Waals surface area contributed by atoms with Gasteiger partial charge < -0.3 is 10.6 Å². The molecule has 0 saturated heterocycles. The van der Waals surface area contributed by atoms with Crippen molar-refractivity contribution in [3.05, 3.63) is 29.3 Å². The van der Waals surface area contributed by atoms with Gasteiger partial charge in [-0.15, -0.1) is 0 Å². The zero-order valence-corrected chi connectivity index (χ0v) is 11.0. The summed E-state index contributed by atoms with van der Waals surface area (Å²) in [6.45, 7) is 0.157. The fourth-order valence-electron chi connectivity index (χ4n) is 2.82. The monoisotopic (exact) mass is 273 g/mol. The van der Waals surface area contributed by atoms with Gasteiger partial charge in [-0.05, 0) is 25.0 Å². The molecule has 0 aromatic heterocycles. The Morgan fingerprint density at radius 1 is 1.30 bits per heavy atom. The number of hydrogen-bond donors (Lipinski definition) is 1. The Morgan fingerprint density at radius 3 is 2.85 bits per heavy atom. The minimum absolute atomic E-state index is 0.155. The maximum absolute atomic E-state index is 12.5. The minimum atomic E-state index is -1.66. The average Bonchev–Trinajstić information content (AvgIpc) is 2.71. The number of amides is 1. The van der Waals surface area contributed by atoms with Crippen LogP contribution in [0.4, 0.5) is 5.69 Å². The van der Waals surface area contributed by atoms with E-state index in [0.29, 0.717) is 29.7 Å². The number of carbonyl (C=O) groups excluding carboxylic acids is 3. The SMILES string of the molecule is [2H]C1(N2Cc3c(N)cccc3C2=O)CCCC(=O)CC1=O. The molecular formula is C15H16N2O3. The van der Waals surface area contributed by atoms with Crippen molar-refractivity contribution in [2.24, 2.45) is 0 Å². The fraction of sp³-hybridized carbons (Fsp3) is 0.400. The van der Waals surface area contributed by atoms with Gasteiger partial charge in [-0.2, -0.15) is 0 Å². The summed E-state index contributed by atoms with van der Waals surface area (Å²) in [5, 5.41) is 0. The van der Waals surface area contributed by atoms with Crippen LogP contribution in [0.2, 0.25) is 0 Å². The highest BCUT2D eigenvalue weighted by molar-refractivity contribution is 6.06. The summed E-state index contributed by atoms with van der Waals surface area (Å²) >= 11 is 0. The first-order chi connectivity index (χ1) is 9.93. The summed E-state index contributed by atoms with van der Waals surface area (Å²) in [5.41, 5.74) is 7.48. The van der Waals surface area contributed by atoms with Crippen molar-refractivity contribution >= 4 is 23.2 Å². The van der Waals surface area contributed by atoms with Crippen LogP contribution in [-0.4, -0.2) is 28.4 Å². The van der Waals surface area contributed by atoms with Gasteiger partial charge in [0.1, 0.15) is 5.78 Å². The predicted octanol–water partition coefficient (Wildman–Crippen LogP) is 1.31. The first kappa shape index (κ1) is 11.6. The molecule has 0 bridgehead atoms. The normalized spacial score (nSPS) is 27.3. The maximum atomic E-state index is 12.5. The Kier molecular flexibility index (Phi) is 2.76. The predicted molar refractivity (Wildman–Crippen MR) is 73.0 cm³/mol. The van der Waals surface area contributed by atoms with E-state index in [2.05, 4.69) is 0 Å². The third kappa shape index (κ3) is 1.99. The van der Waals surface area contributed by atoms with Gasteiger partial charge in [-0.3, -0.25) is 14.4 Å². The van der Waals surface area contributed by atoms with E-state index in [4.69, 9.17) is 7.10 Å². The van der Waals surface area contributed by atoms with Crippen LogP contribution in [0, 0.1) is 0 Å². The highest BCUT2D eigenvalue weighted by Crippen LogP contribution is 2.31. The van der Waals surface area contributed by atoms with Crippen LogP contribution in [0.5, 0.6) is 0 Å². The van der Waals surface area contributed by atoms with Gasteiger partial charge in [-0.1, -0.05) is 6.07 Å². The Bertz CT molecular complexity index is 658. The van der Waals surface area contributed by atoms with Gasteiger partial charge in [0.25, 0.3) is 5.91 Å². The van der Waals surface area contributed by atoms with Crippen LogP contribution in [0.1, 0.15) is 43.0 Å². The second-order valence-electron chi connectivity index (χ2n) is 5.20. The molecule has 1 aliphatic carbocycles. The summed E-state index contributed by atoms with van der Waals surface area (Å²) < 4.78 is 8.49. The van der Waals surface area contributed by atoms with Crippen LogP contribution >= 0.6 is 0 Å². The third-order valence-electron chi connectivity index (χ3n) is 3.88. The molecule has 0 radical (unpaired) electrons. The van der Waals surface area contributed by atoms with Crippen LogP contribution in [0.15, 0.2) is 18.2 Å². The molecule has 2 aliphatic rings. The molecule has 20 heavy (non-hydrogen) atoms. The highest BCUT2D eigenvalue weighted by atomic mass is 16.2. The molecule has 3 rings (SSSR count). The number of benzene rings is 1. The van der Waals surface area contributed by atoms with Crippen molar-refractivity contribution in [3.63, 3.8) is 0 Å². The zero-order valence-electron chi connectivity index (χ0n) is 12.0. The molecule has 1 atom stereocenters. The molecule has 1 amide bonds. The van der Waals surface area contributed by atoms with E-state index in [9.17, 15) is 14.4 Å². The minimum Gasteiger partial charge on any atom is -0.398 e. The lowest BCUT2D eigenvalue weighted by atomic mass is 10.1. The summed E-state index contributed by atoms with van der Waals surface area (Å²) in [4.78, 5) is 37.6. The van der Waals surface area contributed by atoms with E-state index >= 15 is 0 Å². The van der Waals surface area contributed by atoms with E-state index < -0.39 is 11.8 Å². The van der Waals surface area contributed by atoms with Crippen molar-refractivity contribution in [2.75, 3.05) is 5.73 Å². The van der Waals surface area contributed by atoms with Crippen LogP contribution in [-0.2, 0) is 16.1 Å². The van der Waals surface area contributed by atoms with Gasteiger partial charge in [-0.25, -0.2) is 0 Å². The van der Waals surface area contributed by atoms with Crippen molar-refractivity contribution in [3.8, 4) is 0 Å². The Labute approximate surface area is 118 Å². The number of ketones is 2. The Balaban J connectivity index is 1.98. The highest BCUT2D eigenvalue weighted by Gasteiger charge is 2.38. The van der Waals surface area contributed by atoms with Gasteiger partial charge in [0.2, 0.25) is 0 Å². The second-order valence-corrected chi connectivity index (χ2v) is 5.20. The molecule has 1 fully saturated rings. The zero-order chi connectivity index (χ0) is 15.2. The van der Waals surface area contributed by atoms with E-state index in [1.165, 1.54) is 4.90 Å². The topological polar surface area (TPSA) is 80.5 Å². The third-order valence-corrected chi connectivity index (χ3v) is 3.88. The summed E-state index contributed by atoms with van der Waals surface area (Å²) in [6, 6.07) is 3.38. The number of anilines is 1. The molecule has 1 aliphatic heterocycles. The van der Waals surface area contributed by atoms with E-state index in [-0.39, 0.29) is 31.1 Å². The molecule has 1 aromatic carbocycles. The quantitative estimate of drug-likeness (QED) is 0.475. The lowest BCUT2D eigenvalue weighted by Crippen LogP contribution is -2.41. The van der Waals surface area contributed by atoms with Gasteiger partial charge >= 0.3 is 0 Å². The van der Waals surface area contributed by atoms with Crippen molar-refractivity contribution in [1.29, 1.82) is 0 Å². The van der Waals surface area contributed by atoms with Gasteiger partial charge in [0, 0.05) is 29.8 Å². The molecule has 1 heterocycles. The molecule has 5 heteroatoms. The van der Waals surface area contributed by atoms with Crippen LogP contribution in [0.25, 0.3) is 0 Å². The summed E-state index contributed by atoms with van der Waals surface area (Å²) in [6.07, 6.45) is 0.670. The number of hydrogen-bond acceptors (Lipinski definition) is 4. The van der Waals surface area contributed by atoms with Gasteiger partial charge in [0.05, 0.1) is 13.8 Å². The lowest BCUT2D eigenvalue weighted by molar-refractivity contribution is -0.128. The van der Waals surface area contributed by atoms with E-state index in [0.717, 1.165) is 0 Å². The van der Waals surface area contributed by atoms with Gasteiger partial charge in [0.15, 0.2) is 5.78 Å². The van der Waals surface area contributed by atoms with Crippen molar-refractivity contribution in [1.82, 2.24) is 4.90 Å². The number of nitrogen functional groups attached to an aromatic ring is 1. The standard InChI is InChI=1S/C15H16N2O3/c16-12-5-2-4-10-11(12)8-17(15(10)20)13-6-1-3-9(18)7-14(13)19/h2,4-5,13H,1,3,6-8,16H2/i13D. The number of nitrogens with two attached hydrogens (primary N) is 1. The van der Waals surface area contributed by atoms with Crippen LogP contribution in [0.3, 0.4) is 0 Å². The Hall–Kier alpha value is -2.17. The molecule has 1 aromatic rings. The van der Waals surface area contributed by atoms with Crippen LogP contribution < -0.4 is 5.73 Å². The number of rotatable bonds is 1. The number of nitrogens with zero attached hydrogens (tertiary/aromatic N) is 1. The fourth-order valence-corrected chi connectivity index (χ4v) is 2.82. The van der Waals surface area contributed by atoms with Crippen molar-refractivity contribution < 1.29 is 15.8 Å². The van der Waals surface area contributed by atoms with Crippen molar-refractivity contribution in [2.45, 2.75) is 38.2 Å². The largest absolute Gasteiger partial charge is 0.398 e. The molecule has 1 saturated carbocycles. The molecule has 5 nitrogen and oxygen atoms in total. The molecule has 1 unspecified atom stereocenters. The molecular weight excluding hydrogens is 256 g/mol. The molecule has 104 valence electrons.